The number of hydrogen-bond acceptors (Lipinski definition) is 0. The molecular formula is C12H22SSn. The first-order chi connectivity index (χ1) is 6.45. The van der Waals surface area contributed by atoms with Gasteiger partial charge in [0.2, 0.25) is 0 Å². The normalized spacial score (nSPS) is 25.1. The Kier molecular flexibility index (Phi) is 7.01. The minimum atomic E-state index is 0. The van der Waals surface area contributed by atoms with E-state index in [9.17, 15) is 0 Å². The van der Waals surface area contributed by atoms with Crippen molar-refractivity contribution in [3.05, 3.63) is 0 Å². The van der Waals surface area contributed by atoms with E-state index in [1.165, 1.54) is 7.87 Å². The van der Waals surface area contributed by atoms with Gasteiger partial charge in [0.15, 0.2) is 0 Å². The first-order valence-electron chi connectivity index (χ1n) is 6.21. The fourth-order valence-corrected chi connectivity index (χ4v) is 9.01. The van der Waals surface area contributed by atoms with Gasteiger partial charge in [-0.05, 0) is 0 Å². The maximum atomic E-state index is 1.63. The molecule has 0 amide bonds. The third-order valence-corrected chi connectivity index (χ3v) is 9.67. The van der Waals surface area contributed by atoms with Gasteiger partial charge in [-0.3, -0.25) is 0 Å². The standard InChI is InChI=1S/2C6H11.S.Sn/c2*1-2-4-6-5-3-1;;/h2*1H,2-6H2;;/q;;-2;+2. The quantitative estimate of drug-likeness (QED) is 0.670. The third-order valence-electron chi connectivity index (χ3n) is 3.68. The molecule has 0 aromatic heterocycles. The SMILES string of the molecule is C1CC[CH]([Sn+2][CH]2CCCCC2)CC1.[S-2]. The molecule has 0 heterocycles. The Balaban J connectivity index is 0.000000980. The van der Waals surface area contributed by atoms with Gasteiger partial charge >= 0.3 is 93.2 Å². The second kappa shape index (κ2) is 7.43. The Hall–Kier alpha value is 1.15. The molecule has 2 fully saturated rings. The fraction of sp³-hybridized carbons (Fsp3) is 1.00. The molecule has 80 valence electrons. The smallest absolute Gasteiger partial charge is 2.00 e. The van der Waals surface area contributed by atoms with E-state index in [1.54, 1.807) is 64.2 Å². The maximum Gasteiger partial charge on any atom is -2.00 e. The third kappa shape index (κ3) is 4.34. The summed E-state index contributed by atoms with van der Waals surface area (Å²) < 4.78 is 2.58. The van der Waals surface area contributed by atoms with Gasteiger partial charge < -0.3 is 13.5 Å². The zero-order chi connectivity index (χ0) is 8.93. The average Bonchev–Trinajstić information content (AvgIpc) is 2.21. The van der Waals surface area contributed by atoms with Gasteiger partial charge in [-0.15, -0.1) is 0 Å². The van der Waals surface area contributed by atoms with Crippen LogP contribution in [0.3, 0.4) is 0 Å². The van der Waals surface area contributed by atoms with Crippen LogP contribution in [0.4, 0.5) is 0 Å². The topological polar surface area (TPSA) is 0 Å². The van der Waals surface area contributed by atoms with Crippen molar-refractivity contribution >= 4 is 34.6 Å². The molecule has 0 aromatic rings. The molecule has 0 aromatic carbocycles. The van der Waals surface area contributed by atoms with Crippen molar-refractivity contribution in [2.24, 2.45) is 0 Å². The number of hydrogen-bond donors (Lipinski definition) is 0. The van der Waals surface area contributed by atoms with E-state index in [0.29, 0.717) is 0 Å². The van der Waals surface area contributed by atoms with Crippen LogP contribution in [0.15, 0.2) is 0 Å². The minimum absolute atomic E-state index is 0. The molecule has 14 heavy (non-hydrogen) atoms. The molecule has 0 bridgehead atoms. The summed E-state index contributed by atoms with van der Waals surface area (Å²) in [6.45, 7) is 0. The van der Waals surface area contributed by atoms with Gasteiger partial charge in [0.25, 0.3) is 0 Å². The van der Waals surface area contributed by atoms with Gasteiger partial charge in [-0.25, -0.2) is 0 Å². The van der Waals surface area contributed by atoms with Gasteiger partial charge in [0.05, 0.1) is 0 Å². The minimum Gasteiger partial charge on any atom is -2.00 e. The predicted octanol–water partition coefficient (Wildman–Crippen LogP) is 4.19. The molecule has 0 radical (unpaired) electrons. The van der Waals surface area contributed by atoms with E-state index in [1.807, 2.05) is 0 Å². The molecule has 2 aliphatic rings. The molecule has 0 nitrogen and oxygen atoms in total. The van der Waals surface area contributed by atoms with Crippen LogP contribution in [-0.4, -0.2) is 21.1 Å². The molecule has 0 unspecified atom stereocenters. The second-order valence-electron chi connectivity index (χ2n) is 4.84. The molecule has 0 N–H and O–H groups in total. The van der Waals surface area contributed by atoms with Crippen LogP contribution in [0.5, 0.6) is 0 Å². The van der Waals surface area contributed by atoms with Crippen LogP contribution in [0, 0.1) is 0 Å². The Morgan fingerprint density at radius 3 is 1.29 bits per heavy atom. The van der Waals surface area contributed by atoms with Gasteiger partial charge in [-0.1, -0.05) is 0 Å². The number of rotatable bonds is 2. The summed E-state index contributed by atoms with van der Waals surface area (Å²) in [5.74, 6) is 0. The summed E-state index contributed by atoms with van der Waals surface area (Å²) in [6.07, 6.45) is 15.9. The average molecular weight is 317 g/mol. The summed E-state index contributed by atoms with van der Waals surface area (Å²) >= 11 is 0.0367. The molecule has 0 saturated heterocycles. The van der Waals surface area contributed by atoms with Crippen molar-refractivity contribution in [1.82, 2.24) is 0 Å². The van der Waals surface area contributed by atoms with Crippen LogP contribution in [0.2, 0.25) is 7.87 Å². The molecule has 0 aliphatic heterocycles. The van der Waals surface area contributed by atoms with Crippen LogP contribution in [0.25, 0.3) is 0 Å². The Morgan fingerprint density at radius 2 is 0.929 bits per heavy atom. The summed E-state index contributed by atoms with van der Waals surface area (Å²) in [5.41, 5.74) is 0. The summed E-state index contributed by atoms with van der Waals surface area (Å²) in [7, 11) is 0. The van der Waals surface area contributed by atoms with E-state index >= 15 is 0 Å². The van der Waals surface area contributed by atoms with Gasteiger partial charge in [0, 0.05) is 0 Å². The van der Waals surface area contributed by atoms with Crippen molar-refractivity contribution in [3.8, 4) is 0 Å². The van der Waals surface area contributed by atoms with Crippen molar-refractivity contribution in [3.63, 3.8) is 0 Å². The van der Waals surface area contributed by atoms with Gasteiger partial charge in [0.1, 0.15) is 0 Å². The summed E-state index contributed by atoms with van der Waals surface area (Å²) in [4.78, 5) is 0. The molecule has 0 atom stereocenters. The van der Waals surface area contributed by atoms with E-state index in [2.05, 4.69) is 0 Å². The first kappa shape index (κ1) is 13.2. The zero-order valence-corrected chi connectivity index (χ0v) is 12.8. The van der Waals surface area contributed by atoms with E-state index in [4.69, 9.17) is 0 Å². The predicted molar refractivity (Wildman–Crippen MR) is 66.8 cm³/mol. The summed E-state index contributed by atoms with van der Waals surface area (Å²) in [6, 6.07) is 0. The van der Waals surface area contributed by atoms with Gasteiger partial charge in [-0.2, -0.15) is 0 Å². The molecule has 2 rings (SSSR count). The van der Waals surface area contributed by atoms with Crippen molar-refractivity contribution < 1.29 is 0 Å². The van der Waals surface area contributed by atoms with E-state index in [0.717, 1.165) is 0 Å². The summed E-state index contributed by atoms with van der Waals surface area (Å²) in [5, 5.41) is 0. The van der Waals surface area contributed by atoms with Crippen LogP contribution < -0.4 is 0 Å². The molecule has 2 heteroatoms. The van der Waals surface area contributed by atoms with E-state index in [-0.39, 0.29) is 34.6 Å². The molecule has 0 spiro atoms. The van der Waals surface area contributed by atoms with E-state index < -0.39 is 0 Å². The van der Waals surface area contributed by atoms with Crippen LogP contribution in [-0.2, 0) is 13.5 Å². The Labute approximate surface area is 106 Å². The molecule has 2 saturated carbocycles. The second-order valence-corrected chi connectivity index (χ2v) is 10.4. The van der Waals surface area contributed by atoms with Crippen molar-refractivity contribution in [1.29, 1.82) is 0 Å². The molecular weight excluding hydrogens is 295 g/mol. The monoisotopic (exact) mass is 318 g/mol. The van der Waals surface area contributed by atoms with Crippen molar-refractivity contribution in [2.45, 2.75) is 72.1 Å². The van der Waals surface area contributed by atoms with Crippen LogP contribution >= 0.6 is 0 Å². The Bertz CT molecular complexity index is 121. The Morgan fingerprint density at radius 1 is 0.571 bits per heavy atom. The molecule has 2 aliphatic carbocycles. The van der Waals surface area contributed by atoms with Crippen LogP contribution in [0.1, 0.15) is 64.2 Å². The fourth-order valence-electron chi connectivity index (χ4n) is 2.87. The zero-order valence-electron chi connectivity index (χ0n) is 9.13. The van der Waals surface area contributed by atoms with Crippen molar-refractivity contribution in [2.75, 3.05) is 0 Å². The first-order valence-corrected chi connectivity index (χ1v) is 9.51. The largest absolute Gasteiger partial charge is 2.00 e. The maximum absolute atomic E-state index is 1.63.